The minimum absolute atomic E-state index is 0.00854. The number of aromatic hydroxyl groups is 1. The molecule has 0 aliphatic carbocycles. The van der Waals surface area contributed by atoms with Crippen LogP contribution in [0.1, 0.15) is 17.4 Å². The lowest BCUT2D eigenvalue weighted by Gasteiger charge is -2.38. The van der Waals surface area contributed by atoms with Crippen molar-refractivity contribution in [3.63, 3.8) is 0 Å². The molecule has 3 rings (SSSR count). The van der Waals surface area contributed by atoms with Crippen molar-refractivity contribution < 1.29 is 38.5 Å². The van der Waals surface area contributed by atoms with Crippen LogP contribution in [0.5, 0.6) is 11.5 Å². The second-order valence-corrected chi connectivity index (χ2v) is 8.57. The number of aryl methyl sites for hydroxylation is 1. The first-order valence-corrected chi connectivity index (χ1v) is 10.3. The first kappa shape index (κ1) is 21.5. The van der Waals surface area contributed by atoms with Crippen LogP contribution in [0.3, 0.4) is 0 Å². The minimum atomic E-state index is -3.69. The zero-order valence-electron chi connectivity index (χ0n) is 15.3. The second-order valence-electron chi connectivity index (χ2n) is 6.63. The predicted molar refractivity (Wildman–Crippen MR) is 101 cm³/mol. The van der Waals surface area contributed by atoms with E-state index < -0.39 is 35.3 Å². The summed E-state index contributed by atoms with van der Waals surface area (Å²) >= 11 is 0. The molecule has 29 heavy (non-hydrogen) atoms. The highest BCUT2D eigenvalue weighted by atomic mass is 32.2. The first-order chi connectivity index (χ1) is 13.7. The van der Waals surface area contributed by atoms with Crippen LogP contribution >= 0.6 is 0 Å². The smallest absolute Gasteiger partial charge is 0.451 e. The number of phenolic OH excluding ortho intramolecular Hbond substituents is 1. The molecule has 12 heteroatoms. The summed E-state index contributed by atoms with van der Waals surface area (Å²) in [5.41, 5.74) is 0.0337. The Balaban J connectivity index is 1.71. The van der Waals surface area contributed by atoms with Gasteiger partial charge in [-0.05, 0) is 36.5 Å². The van der Waals surface area contributed by atoms with Gasteiger partial charge >= 0.3 is 7.12 Å². The Labute approximate surface area is 167 Å². The van der Waals surface area contributed by atoms with Crippen LogP contribution in [0.4, 0.5) is 0 Å². The molecule has 0 atom stereocenters. The van der Waals surface area contributed by atoms with E-state index in [2.05, 4.69) is 4.98 Å². The summed E-state index contributed by atoms with van der Waals surface area (Å²) in [6, 6.07) is 5.86. The number of pyridine rings is 1. The Morgan fingerprint density at radius 1 is 1.24 bits per heavy atom. The third-order valence-corrected chi connectivity index (χ3v) is 6.39. The van der Waals surface area contributed by atoms with Crippen molar-refractivity contribution in [2.75, 3.05) is 13.1 Å². The van der Waals surface area contributed by atoms with Crippen molar-refractivity contribution in [1.29, 1.82) is 0 Å². The molecule has 1 fully saturated rings. The maximum Gasteiger partial charge on any atom is 0.451 e. The fourth-order valence-corrected chi connectivity index (χ4v) is 4.44. The SMILES string of the molecule is O=S(=O)(c1cccnc1)N1CC(Oc2ccc(CCB(O)O)c(O)c2C(O)O)C1. The average Bonchev–Trinajstić information content (AvgIpc) is 2.63. The number of rotatable bonds is 8. The molecule has 156 valence electrons. The lowest BCUT2D eigenvalue weighted by molar-refractivity contribution is -0.0475. The quantitative estimate of drug-likeness (QED) is 0.271. The van der Waals surface area contributed by atoms with E-state index in [0.29, 0.717) is 5.56 Å². The number of phenols is 1. The van der Waals surface area contributed by atoms with Gasteiger partial charge in [-0.3, -0.25) is 4.98 Å². The van der Waals surface area contributed by atoms with Gasteiger partial charge in [0.1, 0.15) is 22.5 Å². The molecule has 1 aromatic carbocycles. The monoisotopic (exact) mass is 424 g/mol. The van der Waals surface area contributed by atoms with E-state index in [9.17, 15) is 23.7 Å². The Bertz CT molecular complexity index is 949. The molecule has 0 radical (unpaired) electrons. The Morgan fingerprint density at radius 2 is 1.97 bits per heavy atom. The van der Waals surface area contributed by atoms with Gasteiger partial charge in [-0.25, -0.2) is 8.42 Å². The topological polar surface area (TPSA) is 161 Å². The van der Waals surface area contributed by atoms with Crippen molar-refractivity contribution >= 4 is 17.1 Å². The molecule has 2 heterocycles. The van der Waals surface area contributed by atoms with Crippen molar-refractivity contribution in [3.8, 4) is 11.5 Å². The first-order valence-electron chi connectivity index (χ1n) is 8.84. The summed E-state index contributed by atoms with van der Waals surface area (Å²) in [5, 5.41) is 47.5. The summed E-state index contributed by atoms with van der Waals surface area (Å²) in [7, 11) is -5.25. The molecular weight excluding hydrogens is 403 g/mol. The van der Waals surface area contributed by atoms with Crippen molar-refractivity contribution in [3.05, 3.63) is 47.8 Å². The van der Waals surface area contributed by atoms with Gasteiger partial charge in [0.2, 0.25) is 10.0 Å². The zero-order valence-corrected chi connectivity index (χ0v) is 16.1. The van der Waals surface area contributed by atoms with Crippen LogP contribution < -0.4 is 4.74 Å². The molecule has 0 saturated carbocycles. The fourth-order valence-electron chi connectivity index (χ4n) is 2.97. The molecule has 1 aliphatic rings. The number of nitrogens with zero attached hydrogens (tertiary/aromatic N) is 2. The molecule has 5 N–H and O–H groups in total. The number of benzene rings is 1. The summed E-state index contributed by atoms with van der Waals surface area (Å²) in [5.74, 6) is -0.411. The molecule has 2 aromatic rings. The van der Waals surface area contributed by atoms with Gasteiger partial charge in [0.05, 0.1) is 18.7 Å². The van der Waals surface area contributed by atoms with Gasteiger partial charge in [-0.1, -0.05) is 6.07 Å². The van der Waals surface area contributed by atoms with Crippen molar-refractivity contribution in [2.24, 2.45) is 0 Å². The number of hydrogen-bond donors (Lipinski definition) is 5. The average molecular weight is 424 g/mol. The summed E-state index contributed by atoms with van der Waals surface area (Å²) in [6.07, 6.45) is 0.217. The van der Waals surface area contributed by atoms with Crippen LogP contribution in [0, 0.1) is 0 Å². The molecule has 0 spiro atoms. The molecule has 10 nitrogen and oxygen atoms in total. The number of aliphatic hydroxyl groups is 2. The van der Waals surface area contributed by atoms with Gasteiger partial charge in [0.25, 0.3) is 0 Å². The Hall–Kier alpha value is -2.22. The summed E-state index contributed by atoms with van der Waals surface area (Å²) in [4.78, 5) is 3.87. The maximum absolute atomic E-state index is 12.5. The number of aliphatic hydroxyl groups excluding tert-OH is 1. The normalized spacial score (nSPS) is 15.3. The summed E-state index contributed by atoms with van der Waals surface area (Å²) < 4.78 is 31.8. The Kier molecular flexibility index (Phi) is 6.41. The Morgan fingerprint density at radius 3 is 2.55 bits per heavy atom. The molecule has 1 saturated heterocycles. The molecule has 0 unspecified atom stereocenters. The highest BCUT2D eigenvalue weighted by Crippen LogP contribution is 2.37. The van der Waals surface area contributed by atoms with Crippen molar-refractivity contribution in [1.82, 2.24) is 9.29 Å². The van der Waals surface area contributed by atoms with E-state index in [1.165, 1.54) is 41.0 Å². The van der Waals surface area contributed by atoms with Crippen LogP contribution in [0.25, 0.3) is 0 Å². The van der Waals surface area contributed by atoms with E-state index in [4.69, 9.17) is 14.8 Å². The predicted octanol–water partition coefficient (Wildman–Crippen LogP) is -0.762. The molecule has 1 aliphatic heterocycles. The van der Waals surface area contributed by atoms with E-state index in [1.807, 2.05) is 0 Å². The van der Waals surface area contributed by atoms with E-state index in [-0.39, 0.29) is 42.0 Å². The number of aromatic nitrogens is 1. The number of ether oxygens (including phenoxy) is 1. The minimum Gasteiger partial charge on any atom is -0.507 e. The molecule has 0 amide bonds. The lowest BCUT2D eigenvalue weighted by Crippen LogP contribution is -2.56. The van der Waals surface area contributed by atoms with Gasteiger partial charge in [-0.2, -0.15) is 4.31 Å². The van der Waals surface area contributed by atoms with Crippen LogP contribution in [-0.2, 0) is 16.4 Å². The maximum atomic E-state index is 12.5. The third kappa shape index (κ3) is 4.69. The number of hydrogen-bond acceptors (Lipinski definition) is 9. The highest BCUT2D eigenvalue weighted by Gasteiger charge is 2.39. The third-order valence-electron chi connectivity index (χ3n) is 4.57. The highest BCUT2D eigenvalue weighted by molar-refractivity contribution is 7.89. The van der Waals surface area contributed by atoms with Gasteiger partial charge in [0, 0.05) is 12.4 Å². The largest absolute Gasteiger partial charge is 0.507 e. The van der Waals surface area contributed by atoms with E-state index in [1.54, 1.807) is 0 Å². The van der Waals surface area contributed by atoms with Crippen LogP contribution in [0.2, 0.25) is 6.32 Å². The summed E-state index contributed by atoms with van der Waals surface area (Å²) in [6.45, 7) is 0.106. The zero-order chi connectivity index (χ0) is 21.2. The standard InChI is InChI=1S/C17H21BN2O8S/c21-16-11(5-6-18(24)25)3-4-14(15(16)17(22)23)28-12-9-20(10-12)29(26,27)13-2-1-7-19-8-13/h1-4,7-8,12,17,21-25H,5-6,9-10H2. The fraction of sp³-hybridized carbons (Fsp3) is 0.353. The lowest BCUT2D eigenvalue weighted by atomic mass is 9.82. The molecule has 0 bridgehead atoms. The van der Waals surface area contributed by atoms with Crippen molar-refractivity contribution in [2.45, 2.75) is 30.0 Å². The van der Waals surface area contributed by atoms with Crippen LogP contribution in [-0.4, -0.2) is 69.4 Å². The second kappa shape index (κ2) is 8.65. The molecule has 1 aromatic heterocycles. The van der Waals surface area contributed by atoms with Gasteiger partial charge < -0.3 is 30.1 Å². The van der Waals surface area contributed by atoms with E-state index in [0.717, 1.165) is 0 Å². The van der Waals surface area contributed by atoms with Crippen LogP contribution in [0.15, 0.2) is 41.6 Å². The van der Waals surface area contributed by atoms with Gasteiger partial charge in [0.15, 0.2) is 6.29 Å². The van der Waals surface area contributed by atoms with Gasteiger partial charge in [-0.15, -0.1) is 0 Å². The molecular formula is C17H21BN2O8S. The number of sulfonamides is 1. The van der Waals surface area contributed by atoms with E-state index >= 15 is 0 Å².